The number of amides is 1. The number of anilines is 1. The molecule has 2 aromatic carbocycles. The zero-order valence-corrected chi connectivity index (χ0v) is 13.7. The van der Waals surface area contributed by atoms with Crippen molar-refractivity contribution in [2.75, 3.05) is 11.9 Å². The van der Waals surface area contributed by atoms with Crippen molar-refractivity contribution in [1.82, 2.24) is 10.2 Å². The molecular formula is C17H14N4O5. The van der Waals surface area contributed by atoms with E-state index in [-0.39, 0.29) is 12.3 Å². The highest BCUT2D eigenvalue weighted by Crippen LogP contribution is 2.25. The van der Waals surface area contributed by atoms with E-state index in [0.717, 1.165) is 5.56 Å². The summed E-state index contributed by atoms with van der Waals surface area (Å²) in [5.74, 6) is 0.448. The zero-order chi connectivity index (χ0) is 18.5. The minimum absolute atomic E-state index is 0.0552. The maximum atomic E-state index is 12.0. The van der Waals surface area contributed by atoms with Gasteiger partial charge in [-0.2, -0.15) is 0 Å². The predicted molar refractivity (Wildman–Crippen MR) is 91.7 cm³/mol. The van der Waals surface area contributed by atoms with Crippen LogP contribution in [0.1, 0.15) is 5.56 Å². The van der Waals surface area contributed by atoms with Crippen LogP contribution in [0.3, 0.4) is 0 Å². The summed E-state index contributed by atoms with van der Waals surface area (Å²) in [5, 5.41) is 20.9. The third-order valence-corrected chi connectivity index (χ3v) is 3.61. The van der Waals surface area contributed by atoms with Crippen LogP contribution in [-0.2, 0) is 4.79 Å². The molecule has 1 N–H and O–H groups in total. The lowest BCUT2D eigenvalue weighted by Crippen LogP contribution is -2.20. The molecule has 1 heterocycles. The molecule has 0 fully saturated rings. The van der Waals surface area contributed by atoms with Crippen LogP contribution in [0, 0.1) is 17.0 Å². The molecule has 0 spiro atoms. The Labute approximate surface area is 147 Å². The van der Waals surface area contributed by atoms with E-state index in [4.69, 9.17) is 9.15 Å². The normalized spacial score (nSPS) is 10.3. The second kappa shape index (κ2) is 7.43. The maximum absolute atomic E-state index is 12.0. The van der Waals surface area contributed by atoms with Crippen molar-refractivity contribution in [2.24, 2.45) is 0 Å². The molecule has 9 heteroatoms. The van der Waals surface area contributed by atoms with E-state index in [1.165, 1.54) is 18.5 Å². The first-order valence-corrected chi connectivity index (χ1v) is 7.58. The average molecular weight is 354 g/mol. The van der Waals surface area contributed by atoms with Gasteiger partial charge in [0.05, 0.1) is 16.2 Å². The van der Waals surface area contributed by atoms with E-state index in [2.05, 4.69) is 15.5 Å². The minimum atomic E-state index is -0.494. The summed E-state index contributed by atoms with van der Waals surface area (Å²) in [6.07, 6.45) is 1.24. The molecule has 0 atom stereocenters. The fourth-order valence-corrected chi connectivity index (χ4v) is 2.28. The molecule has 0 saturated carbocycles. The number of hydrogen-bond donors (Lipinski definition) is 1. The van der Waals surface area contributed by atoms with Crippen molar-refractivity contribution in [3.8, 4) is 17.2 Å². The lowest BCUT2D eigenvalue weighted by Gasteiger charge is -2.10. The van der Waals surface area contributed by atoms with Gasteiger partial charge < -0.3 is 14.5 Å². The molecule has 0 aliphatic heterocycles. The second-order valence-corrected chi connectivity index (χ2v) is 5.31. The molecule has 1 aromatic heterocycles. The summed E-state index contributed by atoms with van der Waals surface area (Å²) in [5.41, 5.74) is 1.43. The standard InChI is InChI=1S/C17H14N4O5/c1-11-14(3-2-4-15(11)21(23)24)19-16(22)9-25-13-7-5-12(6-8-13)17-20-18-10-26-17/h2-8,10H,9H2,1H3,(H,19,22). The lowest BCUT2D eigenvalue weighted by atomic mass is 10.1. The Morgan fingerprint density at radius 1 is 1.27 bits per heavy atom. The van der Waals surface area contributed by atoms with Crippen LogP contribution in [0.25, 0.3) is 11.5 Å². The van der Waals surface area contributed by atoms with Gasteiger partial charge in [0.25, 0.3) is 11.6 Å². The number of hydrogen-bond acceptors (Lipinski definition) is 7. The first-order chi connectivity index (χ1) is 12.5. The number of carbonyl (C=O) groups is 1. The van der Waals surface area contributed by atoms with Crippen LogP contribution in [0.2, 0.25) is 0 Å². The number of carbonyl (C=O) groups excluding carboxylic acids is 1. The number of nitro groups is 1. The average Bonchev–Trinajstić information content (AvgIpc) is 3.16. The summed E-state index contributed by atoms with van der Waals surface area (Å²) in [7, 11) is 0. The molecule has 3 aromatic rings. The van der Waals surface area contributed by atoms with Crippen LogP contribution in [-0.4, -0.2) is 27.6 Å². The molecule has 1 amide bonds. The van der Waals surface area contributed by atoms with Crippen molar-refractivity contribution < 1.29 is 18.9 Å². The van der Waals surface area contributed by atoms with Gasteiger partial charge >= 0.3 is 0 Å². The van der Waals surface area contributed by atoms with E-state index < -0.39 is 10.8 Å². The van der Waals surface area contributed by atoms with Crippen LogP contribution in [0.5, 0.6) is 5.75 Å². The highest BCUT2D eigenvalue weighted by molar-refractivity contribution is 5.93. The Balaban J connectivity index is 1.59. The number of nitro benzene ring substituents is 1. The molecular weight excluding hydrogens is 340 g/mol. The van der Waals surface area contributed by atoms with E-state index in [9.17, 15) is 14.9 Å². The summed E-state index contributed by atoms with van der Waals surface area (Å²) in [6.45, 7) is 1.34. The van der Waals surface area contributed by atoms with Crippen molar-refractivity contribution >= 4 is 17.3 Å². The quantitative estimate of drug-likeness (QED) is 0.533. The lowest BCUT2D eigenvalue weighted by molar-refractivity contribution is -0.385. The Bertz CT molecular complexity index is 923. The third kappa shape index (κ3) is 3.83. The molecule has 132 valence electrons. The van der Waals surface area contributed by atoms with E-state index in [1.807, 2.05) is 0 Å². The predicted octanol–water partition coefficient (Wildman–Crippen LogP) is 2.97. The topological polar surface area (TPSA) is 120 Å². The molecule has 3 rings (SSSR count). The SMILES string of the molecule is Cc1c(NC(=O)COc2ccc(-c3nnco3)cc2)cccc1[N+](=O)[O-]. The fourth-order valence-electron chi connectivity index (χ4n) is 2.28. The van der Waals surface area contributed by atoms with Crippen LogP contribution >= 0.6 is 0 Å². The van der Waals surface area contributed by atoms with Crippen LogP contribution < -0.4 is 10.1 Å². The molecule has 0 bridgehead atoms. The summed E-state index contributed by atoms with van der Waals surface area (Å²) < 4.78 is 10.5. The van der Waals surface area contributed by atoms with Gasteiger partial charge in [-0.1, -0.05) is 6.07 Å². The monoisotopic (exact) mass is 354 g/mol. The minimum Gasteiger partial charge on any atom is -0.484 e. The Hall–Kier alpha value is -3.75. The number of benzene rings is 2. The summed E-state index contributed by atoms with van der Waals surface area (Å²) in [4.78, 5) is 22.5. The largest absolute Gasteiger partial charge is 0.484 e. The zero-order valence-electron chi connectivity index (χ0n) is 13.7. The molecule has 0 radical (unpaired) electrons. The molecule has 9 nitrogen and oxygen atoms in total. The third-order valence-electron chi connectivity index (χ3n) is 3.61. The first kappa shape index (κ1) is 17.1. The van der Waals surface area contributed by atoms with Gasteiger partial charge in [-0.3, -0.25) is 14.9 Å². The van der Waals surface area contributed by atoms with Gasteiger partial charge in [0.15, 0.2) is 6.61 Å². The smallest absolute Gasteiger partial charge is 0.274 e. The maximum Gasteiger partial charge on any atom is 0.274 e. The second-order valence-electron chi connectivity index (χ2n) is 5.31. The van der Waals surface area contributed by atoms with Crippen molar-refractivity contribution in [2.45, 2.75) is 6.92 Å². The van der Waals surface area contributed by atoms with Gasteiger partial charge in [-0.25, -0.2) is 0 Å². The Morgan fingerprint density at radius 3 is 2.69 bits per heavy atom. The first-order valence-electron chi connectivity index (χ1n) is 7.58. The number of nitrogens with one attached hydrogen (secondary N) is 1. The number of ether oxygens (including phenoxy) is 1. The van der Waals surface area contributed by atoms with Gasteiger partial charge in [-0.05, 0) is 37.3 Å². The number of aromatic nitrogens is 2. The molecule has 0 saturated heterocycles. The van der Waals surface area contributed by atoms with E-state index in [1.54, 1.807) is 37.3 Å². The fraction of sp³-hybridized carbons (Fsp3) is 0.118. The van der Waals surface area contributed by atoms with Crippen LogP contribution in [0.15, 0.2) is 53.3 Å². The molecule has 0 aliphatic rings. The Kier molecular flexibility index (Phi) is 4.88. The van der Waals surface area contributed by atoms with E-state index >= 15 is 0 Å². The highest BCUT2D eigenvalue weighted by atomic mass is 16.6. The summed E-state index contributed by atoms with van der Waals surface area (Å²) in [6, 6.07) is 11.3. The van der Waals surface area contributed by atoms with Crippen molar-refractivity contribution in [3.63, 3.8) is 0 Å². The number of nitrogens with zero attached hydrogens (tertiary/aromatic N) is 3. The van der Waals surface area contributed by atoms with Crippen molar-refractivity contribution in [3.05, 3.63) is 64.5 Å². The van der Waals surface area contributed by atoms with E-state index in [0.29, 0.717) is 22.9 Å². The molecule has 0 unspecified atom stereocenters. The molecule has 26 heavy (non-hydrogen) atoms. The van der Waals surface area contributed by atoms with Gasteiger partial charge in [-0.15, -0.1) is 10.2 Å². The summed E-state index contributed by atoms with van der Waals surface area (Å²) >= 11 is 0. The van der Waals surface area contributed by atoms with Gasteiger partial charge in [0.2, 0.25) is 12.3 Å². The number of rotatable bonds is 6. The van der Waals surface area contributed by atoms with Gasteiger partial charge in [0, 0.05) is 11.6 Å². The Morgan fingerprint density at radius 2 is 2.04 bits per heavy atom. The van der Waals surface area contributed by atoms with Gasteiger partial charge in [0.1, 0.15) is 5.75 Å². The van der Waals surface area contributed by atoms with Crippen molar-refractivity contribution in [1.29, 1.82) is 0 Å². The van der Waals surface area contributed by atoms with Crippen LogP contribution in [0.4, 0.5) is 11.4 Å². The highest BCUT2D eigenvalue weighted by Gasteiger charge is 2.15. The molecule has 0 aliphatic carbocycles.